The van der Waals surface area contributed by atoms with Crippen LogP contribution in [0.25, 0.3) is 0 Å². The van der Waals surface area contributed by atoms with Crippen molar-refractivity contribution < 1.29 is 28.6 Å². The van der Waals surface area contributed by atoms with Gasteiger partial charge in [-0.25, -0.2) is 9.59 Å². The van der Waals surface area contributed by atoms with Gasteiger partial charge in [0.2, 0.25) is 6.10 Å². The van der Waals surface area contributed by atoms with Gasteiger partial charge in [-0.05, 0) is 18.2 Å². The maximum Gasteiger partial charge on any atom is 0.339 e. The summed E-state index contributed by atoms with van der Waals surface area (Å²) < 4.78 is 16.3. The Morgan fingerprint density at radius 3 is 2.41 bits per heavy atom. The van der Waals surface area contributed by atoms with E-state index in [1.54, 1.807) is 36.4 Å². The van der Waals surface area contributed by atoms with Crippen LogP contribution in [-0.4, -0.2) is 38.2 Å². The average molecular weight is 370 g/mol. The molecule has 1 heterocycles. The normalized spacial score (nSPS) is 13.2. The number of rotatable bonds is 4. The zero-order chi connectivity index (χ0) is 19.2. The lowest BCUT2D eigenvalue weighted by molar-refractivity contribution is -0.129. The summed E-state index contributed by atoms with van der Waals surface area (Å²) in [7, 11) is 1.38. The number of nitrogens with one attached hydrogen (secondary N) is 2. The van der Waals surface area contributed by atoms with E-state index in [9.17, 15) is 14.4 Å². The zero-order valence-corrected chi connectivity index (χ0v) is 14.6. The van der Waals surface area contributed by atoms with Crippen molar-refractivity contribution in [2.45, 2.75) is 6.10 Å². The van der Waals surface area contributed by atoms with Gasteiger partial charge < -0.3 is 19.5 Å². The first kappa shape index (κ1) is 18.2. The number of carbonyl (C=O) groups is 3. The van der Waals surface area contributed by atoms with Gasteiger partial charge in [0.1, 0.15) is 13.2 Å². The highest BCUT2D eigenvalue weighted by Gasteiger charge is 2.27. The molecule has 2 N–H and O–H groups in total. The molecule has 0 spiro atoms. The van der Waals surface area contributed by atoms with Crippen LogP contribution >= 0.6 is 0 Å². The average Bonchev–Trinajstić information content (AvgIpc) is 2.71. The summed E-state index contributed by atoms with van der Waals surface area (Å²) in [4.78, 5) is 36.5. The van der Waals surface area contributed by atoms with Crippen LogP contribution in [0.15, 0.2) is 48.5 Å². The van der Waals surface area contributed by atoms with E-state index in [1.807, 2.05) is 0 Å². The molecule has 0 aliphatic carbocycles. The van der Waals surface area contributed by atoms with E-state index in [0.29, 0.717) is 30.3 Å². The number of hydrogen-bond acceptors (Lipinski definition) is 6. The largest absolute Gasteiger partial charge is 0.486 e. The SMILES string of the molecule is CNC(=O)NC(=O)C(OC(=O)c1ccc2c(c1)OCCO2)c1ccccc1. The predicted octanol–water partition coefficient (Wildman–Crippen LogP) is 1.81. The molecular weight excluding hydrogens is 352 g/mol. The minimum absolute atomic E-state index is 0.202. The van der Waals surface area contributed by atoms with Crippen LogP contribution in [0, 0.1) is 0 Å². The summed E-state index contributed by atoms with van der Waals surface area (Å²) in [5, 5.41) is 4.40. The molecule has 2 aromatic carbocycles. The maximum atomic E-state index is 12.6. The third-order valence-corrected chi connectivity index (χ3v) is 3.81. The topological polar surface area (TPSA) is 103 Å². The van der Waals surface area contributed by atoms with Gasteiger partial charge in [0.25, 0.3) is 5.91 Å². The number of fused-ring (bicyclic) bond motifs is 1. The zero-order valence-electron chi connectivity index (χ0n) is 14.6. The van der Waals surface area contributed by atoms with Crippen LogP contribution in [0.2, 0.25) is 0 Å². The molecule has 8 heteroatoms. The van der Waals surface area contributed by atoms with Crippen LogP contribution < -0.4 is 20.1 Å². The number of carbonyl (C=O) groups excluding carboxylic acids is 3. The number of benzene rings is 2. The van der Waals surface area contributed by atoms with Gasteiger partial charge in [0.15, 0.2) is 11.5 Å². The fraction of sp³-hybridized carbons (Fsp3) is 0.211. The Balaban J connectivity index is 1.82. The molecule has 0 saturated heterocycles. The van der Waals surface area contributed by atoms with Gasteiger partial charge in [-0.15, -0.1) is 0 Å². The molecule has 1 aliphatic rings. The van der Waals surface area contributed by atoms with Crippen LogP contribution in [0.1, 0.15) is 22.0 Å². The fourth-order valence-corrected chi connectivity index (χ4v) is 2.49. The van der Waals surface area contributed by atoms with E-state index >= 15 is 0 Å². The van der Waals surface area contributed by atoms with Crippen LogP contribution in [0.3, 0.4) is 0 Å². The van der Waals surface area contributed by atoms with E-state index in [4.69, 9.17) is 14.2 Å². The van der Waals surface area contributed by atoms with Gasteiger partial charge in [0.05, 0.1) is 5.56 Å². The quantitative estimate of drug-likeness (QED) is 0.796. The summed E-state index contributed by atoms with van der Waals surface area (Å²) in [6, 6.07) is 12.4. The highest BCUT2D eigenvalue weighted by Crippen LogP contribution is 2.31. The second-order valence-electron chi connectivity index (χ2n) is 5.62. The first-order valence-electron chi connectivity index (χ1n) is 8.26. The van der Waals surface area contributed by atoms with Gasteiger partial charge in [-0.2, -0.15) is 0 Å². The molecule has 0 radical (unpaired) electrons. The lowest BCUT2D eigenvalue weighted by atomic mass is 10.1. The Morgan fingerprint density at radius 2 is 1.70 bits per heavy atom. The first-order valence-corrected chi connectivity index (χ1v) is 8.26. The Kier molecular flexibility index (Phi) is 5.55. The third kappa shape index (κ3) is 4.35. The molecule has 1 aliphatic heterocycles. The standard InChI is InChI=1S/C19H18N2O6/c1-20-19(24)21-17(22)16(12-5-3-2-4-6-12)27-18(23)13-7-8-14-15(11-13)26-10-9-25-14/h2-8,11,16H,9-10H2,1H3,(H2,20,21,22,24). The van der Waals surface area contributed by atoms with Crippen molar-refractivity contribution >= 4 is 17.9 Å². The summed E-state index contributed by atoms with van der Waals surface area (Å²) in [6.07, 6.45) is -1.29. The van der Waals surface area contributed by atoms with Crippen LogP contribution in [0.5, 0.6) is 11.5 Å². The molecule has 1 unspecified atom stereocenters. The van der Waals surface area contributed by atoms with Gasteiger partial charge in [-0.1, -0.05) is 30.3 Å². The smallest absolute Gasteiger partial charge is 0.339 e. The Bertz CT molecular complexity index is 853. The van der Waals surface area contributed by atoms with E-state index in [-0.39, 0.29) is 5.56 Å². The number of ether oxygens (including phenoxy) is 3. The molecule has 0 fully saturated rings. The van der Waals surface area contributed by atoms with Crippen molar-refractivity contribution in [1.29, 1.82) is 0 Å². The number of amides is 3. The number of esters is 1. The molecule has 140 valence electrons. The van der Waals surface area contributed by atoms with E-state index in [1.165, 1.54) is 19.2 Å². The van der Waals surface area contributed by atoms with Crippen molar-refractivity contribution in [3.63, 3.8) is 0 Å². The minimum Gasteiger partial charge on any atom is -0.486 e. The molecule has 8 nitrogen and oxygen atoms in total. The Morgan fingerprint density at radius 1 is 1.00 bits per heavy atom. The molecule has 3 rings (SSSR count). The molecule has 1 atom stereocenters. The summed E-state index contributed by atoms with van der Waals surface area (Å²) >= 11 is 0. The van der Waals surface area contributed by atoms with Crippen molar-refractivity contribution in [1.82, 2.24) is 10.6 Å². The van der Waals surface area contributed by atoms with E-state index < -0.39 is 24.0 Å². The molecule has 3 amide bonds. The van der Waals surface area contributed by atoms with E-state index in [2.05, 4.69) is 10.6 Å². The molecular formula is C19H18N2O6. The molecule has 27 heavy (non-hydrogen) atoms. The Hall–Kier alpha value is -3.55. The summed E-state index contributed by atoms with van der Waals surface area (Å²) in [5.74, 6) is -0.518. The van der Waals surface area contributed by atoms with Crippen molar-refractivity contribution in [2.24, 2.45) is 0 Å². The van der Waals surface area contributed by atoms with E-state index in [0.717, 1.165) is 0 Å². The van der Waals surface area contributed by atoms with Crippen LogP contribution in [-0.2, 0) is 9.53 Å². The third-order valence-electron chi connectivity index (χ3n) is 3.81. The molecule has 0 saturated carbocycles. The van der Waals surface area contributed by atoms with Gasteiger partial charge >= 0.3 is 12.0 Å². The Labute approximate surface area is 155 Å². The minimum atomic E-state index is -1.29. The number of urea groups is 1. The first-order chi connectivity index (χ1) is 13.1. The van der Waals surface area contributed by atoms with Crippen molar-refractivity contribution in [3.05, 3.63) is 59.7 Å². The molecule has 0 aromatic heterocycles. The van der Waals surface area contributed by atoms with Crippen molar-refractivity contribution in [3.8, 4) is 11.5 Å². The molecule has 0 bridgehead atoms. The molecule has 2 aromatic rings. The predicted molar refractivity (Wildman–Crippen MR) is 94.6 cm³/mol. The number of hydrogen-bond donors (Lipinski definition) is 2. The van der Waals surface area contributed by atoms with Gasteiger partial charge in [0, 0.05) is 12.6 Å². The monoisotopic (exact) mass is 370 g/mol. The van der Waals surface area contributed by atoms with Crippen molar-refractivity contribution in [2.75, 3.05) is 20.3 Å². The number of imide groups is 1. The lowest BCUT2D eigenvalue weighted by Gasteiger charge is -2.20. The highest BCUT2D eigenvalue weighted by molar-refractivity contribution is 5.99. The fourth-order valence-electron chi connectivity index (χ4n) is 2.49. The second kappa shape index (κ2) is 8.22. The second-order valence-corrected chi connectivity index (χ2v) is 5.62. The summed E-state index contributed by atoms with van der Waals surface area (Å²) in [5.41, 5.74) is 0.637. The maximum absolute atomic E-state index is 12.6. The highest BCUT2D eigenvalue weighted by atomic mass is 16.6. The summed E-state index contributed by atoms with van der Waals surface area (Å²) in [6.45, 7) is 0.819. The van der Waals surface area contributed by atoms with Gasteiger partial charge in [-0.3, -0.25) is 10.1 Å². The van der Waals surface area contributed by atoms with Crippen LogP contribution in [0.4, 0.5) is 4.79 Å². The lowest BCUT2D eigenvalue weighted by Crippen LogP contribution is -2.41.